The van der Waals surface area contributed by atoms with Crippen LogP contribution in [0.1, 0.15) is 32.6 Å². The van der Waals surface area contributed by atoms with Gasteiger partial charge in [0.05, 0.1) is 0 Å². The Morgan fingerprint density at radius 1 is 1.31 bits per heavy atom. The first kappa shape index (κ1) is 12.3. The maximum absolute atomic E-state index is 5.60. The highest BCUT2D eigenvalue weighted by molar-refractivity contribution is 4.82. The van der Waals surface area contributed by atoms with E-state index >= 15 is 0 Å². The first-order valence-electron chi connectivity index (χ1n) is 6.88. The molecule has 0 aromatic rings. The smallest absolute Gasteiger partial charge is 0.0494 e. The van der Waals surface area contributed by atoms with Crippen molar-refractivity contribution in [2.45, 2.75) is 38.6 Å². The van der Waals surface area contributed by atoms with Crippen LogP contribution in [0.15, 0.2) is 0 Å². The molecular formula is C13H26N2O. The molecule has 0 amide bonds. The van der Waals surface area contributed by atoms with E-state index in [1.807, 2.05) is 0 Å². The van der Waals surface area contributed by atoms with Crippen LogP contribution in [0.25, 0.3) is 0 Å². The Labute approximate surface area is 99.3 Å². The van der Waals surface area contributed by atoms with Crippen LogP contribution < -0.4 is 10.6 Å². The van der Waals surface area contributed by atoms with Crippen molar-refractivity contribution in [2.75, 3.05) is 32.8 Å². The lowest BCUT2D eigenvalue weighted by Gasteiger charge is -2.16. The van der Waals surface area contributed by atoms with E-state index in [2.05, 4.69) is 17.6 Å². The fourth-order valence-electron chi connectivity index (χ4n) is 2.26. The number of nitrogens with one attached hydrogen (secondary N) is 2. The highest BCUT2D eigenvalue weighted by atomic mass is 16.5. The van der Waals surface area contributed by atoms with E-state index in [-0.39, 0.29) is 0 Å². The van der Waals surface area contributed by atoms with Crippen molar-refractivity contribution < 1.29 is 4.74 Å². The van der Waals surface area contributed by atoms with Crippen molar-refractivity contribution in [1.29, 1.82) is 0 Å². The first-order chi connectivity index (χ1) is 7.86. The van der Waals surface area contributed by atoms with E-state index in [0.717, 1.165) is 44.6 Å². The zero-order chi connectivity index (χ0) is 11.2. The van der Waals surface area contributed by atoms with Crippen LogP contribution in [0.4, 0.5) is 0 Å². The summed E-state index contributed by atoms with van der Waals surface area (Å²) in [5.41, 5.74) is 0. The fraction of sp³-hybridized carbons (Fsp3) is 1.00. The third-order valence-electron chi connectivity index (χ3n) is 3.75. The van der Waals surface area contributed by atoms with E-state index < -0.39 is 0 Å². The Morgan fingerprint density at radius 2 is 2.19 bits per heavy atom. The maximum atomic E-state index is 5.60. The quantitative estimate of drug-likeness (QED) is 0.614. The van der Waals surface area contributed by atoms with E-state index in [4.69, 9.17) is 4.74 Å². The molecule has 2 atom stereocenters. The summed E-state index contributed by atoms with van der Waals surface area (Å²) < 4.78 is 5.60. The summed E-state index contributed by atoms with van der Waals surface area (Å²) >= 11 is 0. The van der Waals surface area contributed by atoms with Gasteiger partial charge < -0.3 is 15.4 Å². The molecule has 1 aliphatic heterocycles. The minimum atomic E-state index is 0.687. The number of ether oxygens (including phenoxy) is 1. The molecule has 2 fully saturated rings. The van der Waals surface area contributed by atoms with Gasteiger partial charge in [-0.1, -0.05) is 6.92 Å². The fourth-order valence-corrected chi connectivity index (χ4v) is 2.26. The Balaban J connectivity index is 1.36. The van der Waals surface area contributed by atoms with Gasteiger partial charge in [0.15, 0.2) is 0 Å². The van der Waals surface area contributed by atoms with Crippen molar-refractivity contribution in [1.82, 2.24) is 10.6 Å². The molecule has 2 N–H and O–H groups in total. The molecule has 1 saturated carbocycles. The van der Waals surface area contributed by atoms with Crippen LogP contribution in [0.3, 0.4) is 0 Å². The molecule has 2 rings (SSSR count). The minimum Gasteiger partial charge on any atom is -0.381 e. The summed E-state index contributed by atoms with van der Waals surface area (Å²) in [4.78, 5) is 0. The standard InChI is InChI=1S/C13H26N2O/c1-11-5-7-15-13(11)9-14-6-2-8-16-10-12-3-4-12/h11-15H,2-10H2,1H3. The average Bonchev–Trinajstić information content (AvgIpc) is 3.01. The molecule has 0 aromatic heterocycles. The summed E-state index contributed by atoms with van der Waals surface area (Å²) in [5.74, 6) is 1.73. The number of hydrogen-bond acceptors (Lipinski definition) is 3. The van der Waals surface area contributed by atoms with E-state index in [1.54, 1.807) is 0 Å². The van der Waals surface area contributed by atoms with Gasteiger partial charge in [0.1, 0.15) is 0 Å². The van der Waals surface area contributed by atoms with Gasteiger partial charge in [-0.2, -0.15) is 0 Å². The van der Waals surface area contributed by atoms with Gasteiger partial charge in [-0.15, -0.1) is 0 Å². The highest BCUT2D eigenvalue weighted by Gasteiger charge is 2.22. The highest BCUT2D eigenvalue weighted by Crippen LogP contribution is 2.28. The predicted octanol–water partition coefficient (Wildman–Crippen LogP) is 1.39. The average molecular weight is 226 g/mol. The molecule has 2 unspecified atom stereocenters. The van der Waals surface area contributed by atoms with Crippen LogP contribution in [0.5, 0.6) is 0 Å². The zero-order valence-electron chi connectivity index (χ0n) is 10.5. The van der Waals surface area contributed by atoms with Crippen LogP contribution in [0.2, 0.25) is 0 Å². The van der Waals surface area contributed by atoms with E-state index in [0.29, 0.717) is 6.04 Å². The predicted molar refractivity (Wildman–Crippen MR) is 66.6 cm³/mol. The third-order valence-corrected chi connectivity index (χ3v) is 3.75. The van der Waals surface area contributed by atoms with Crippen LogP contribution in [0, 0.1) is 11.8 Å². The molecule has 0 spiro atoms. The number of hydrogen-bond donors (Lipinski definition) is 2. The molecule has 3 heteroatoms. The summed E-state index contributed by atoms with van der Waals surface area (Å²) in [6.07, 6.45) is 5.26. The third kappa shape index (κ3) is 4.40. The molecule has 0 aromatic carbocycles. The van der Waals surface area contributed by atoms with Gasteiger partial charge in [-0.3, -0.25) is 0 Å². The van der Waals surface area contributed by atoms with Crippen LogP contribution in [-0.2, 0) is 4.74 Å². The van der Waals surface area contributed by atoms with Gasteiger partial charge >= 0.3 is 0 Å². The van der Waals surface area contributed by atoms with Gasteiger partial charge in [-0.25, -0.2) is 0 Å². The molecular weight excluding hydrogens is 200 g/mol. The molecule has 1 heterocycles. The first-order valence-corrected chi connectivity index (χ1v) is 6.88. The molecule has 0 bridgehead atoms. The molecule has 94 valence electrons. The van der Waals surface area contributed by atoms with E-state index in [1.165, 1.54) is 25.8 Å². The molecule has 16 heavy (non-hydrogen) atoms. The topological polar surface area (TPSA) is 33.3 Å². The minimum absolute atomic E-state index is 0.687. The lowest BCUT2D eigenvalue weighted by molar-refractivity contribution is 0.122. The van der Waals surface area contributed by atoms with E-state index in [9.17, 15) is 0 Å². The Bertz CT molecular complexity index is 194. The largest absolute Gasteiger partial charge is 0.381 e. The lowest BCUT2D eigenvalue weighted by atomic mass is 10.0. The second kappa shape index (κ2) is 6.58. The van der Waals surface area contributed by atoms with Crippen LogP contribution in [-0.4, -0.2) is 38.9 Å². The van der Waals surface area contributed by atoms with Gasteiger partial charge in [0.25, 0.3) is 0 Å². The Morgan fingerprint density at radius 3 is 2.88 bits per heavy atom. The van der Waals surface area contributed by atoms with Crippen molar-refractivity contribution >= 4 is 0 Å². The van der Waals surface area contributed by atoms with Gasteiger partial charge in [0.2, 0.25) is 0 Å². The molecule has 1 aliphatic carbocycles. The monoisotopic (exact) mass is 226 g/mol. The second-order valence-corrected chi connectivity index (χ2v) is 5.40. The zero-order valence-corrected chi connectivity index (χ0v) is 10.5. The normalized spacial score (nSPS) is 29.8. The van der Waals surface area contributed by atoms with Crippen molar-refractivity contribution in [2.24, 2.45) is 11.8 Å². The van der Waals surface area contributed by atoms with Crippen molar-refractivity contribution in [3.8, 4) is 0 Å². The summed E-state index contributed by atoms with van der Waals surface area (Å²) in [6.45, 7) is 7.67. The SMILES string of the molecule is CC1CCNC1CNCCCOCC1CC1. The van der Waals surface area contributed by atoms with Gasteiger partial charge in [0, 0.05) is 25.8 Å². The summed E-state index contributed by atoms with van der Waals surface area (Å²) in [7, 11) is 0. The lowest BCUT2D eigenvalue weighted by Crippen LogP contribution is -2.37. The second-order valence-electron chi connectivity index (χ2n) is 5.40. The Hall–Kier alpha value is -0.120. The van der Waals surface area contributed by atoms with Crippen molar-refractivity contribution in [3.05, 3.63) is 0 Å². The maximum Gasteiger partial charge on any atom is 0.0494 e. The number of rotatable bonds is 8. The summed E-state index contributed by atoms with van der Waals surface area (Å²) in [5, 5.41) is 7.06. The molecule has 1 saturated heterocycles. The molecule has 3 nitrogen and oxygen atoms in total. The van der Waals surface area contributed by atoms with Crippen molar-refractivity contribution in [3.63, 3.8) is 0 Å². The van der Waals surface area contributed by atoms with Crippen LogP contribution >= 0.6 is 0 Å². The van der Waals surface area contributed by atoms with Gasteiger partial charge in [-0.05, 0) is 50.6 Å². The molecule has 0 radical (unpaired) electrons. The Kier molecular flexibility index (Phi) is 5.07. The summed E-state index contributed by atoms with van der Waals surface area (Å²) in [6, 6.07) is 0.687. The molecule has 2 aliphatic rings.